The van der Waals surface area contributed by atoms with Crippen molar-refractivity contribution in [2.45, 2.75) is 165 Å². The van der Waals surface area contributed by atoms with Crippen LogP contribution in [0.5, 0.6) is 0 Å². The van der Waals surface area contributed by atoms with Gasteiger partial charge in [0.25, 0.3) is 0 Å². The minimum Gasteiger partial charge on any atom is -0.319 e. The third-order valence-electron chi connectivity index (χ3n) is 18.1. The van der Waals surface area contributed by atoms with Gasteiger partial charge in [0.2, 0.25) is 0 Å². The van der Waals surface area contributed by atoms with Gasteiger partial charge in [0, 0.05) is 49.8 Å². The molecule has 83 heavy (non-hydrogen) atoms. The average molecular weight is 1130 g/mol. The van der Waals surface area contributed by atoms with Crippen molar-refractivity contribution in [3.63, 3.8) is 0 Å². The van der Waals surface area contributed by atoms with Crippen molar-refractivity contribution < 1.29 is 19.2 Å². The zero-order valence-corrected chi connectivity index (χ0v) is 52.3. The van der Waals surface area contributed by atoms with Gasteiger partial charge in [0.05, 0.1) is 48.3 Å². The van der Waals surface area contributed by atoms with E-state index in [2.05, 4.69) is 226 Å². The molecule has 4 saturated heterocycles. The topological polar surface area (TPSA) is 94.2 Å². The minimum atomic E-state index is 0.152. The fourth-order valence-corrected chi connectivity index (χ4v) is 14.4. The summed E-state index contributed by atoms with van der Waals surface area (Å²) in [5, 5.41) is 0. The molecule has 0 aromatic heterocycles. The van der Waals surface area contributed by atoms with Crippen LogP contribution in [0.1, 0.15) is 113 Å². The predicted molar refractivity (Wildman–Crippen MR) is 340 cm³/mol. The standard InChI is InChI=1S/3C18H24N2O.C17H24N2O/c2*1-12(2)11-19-17-14(4)7-10-16(17)20(18(19)21)15-8-5-13(3)6-9-15;1-13(2)11-20-17-14(3)9-10-16(17)19(18(20)21)12-15-7-5-4-6-8-15;1-12(2)11-18-16-13(3)9-10-15(16)19(17(18)20)14-7-5-4-6-8-14/h2*5-10,12,14,16-17H,11H2,1-4H3;4-10,13-14,16-17H,11-12H2,1-3H3;4-8,12-13,15-16H,9-11H2,1-3H3/t3*14-,16-,17+;13-,15-,16+/m1111/s1. The summed E-state index contributed by atoms with van der Waals surface area (Å²) in [7, 11) is 0. The van der Waals surface area contributed by atoms with Crippen LogP contribution in [0.3, 0.4) is 0 Å². The van der Waals surface area contributed by atoms with Crippen LogP contribution in [0, 0.1) is 61.2 Å². The molecule has 444 valence electrons. The number of hydrogen-bond acceptors (Lipinski definition) is 4. The molecular weight excluding hydrogens is 1030 g/mol. The summed E-state index contributed by atoms with van der Waals surface area (Å²) >= 11 is 0. The lowest BCUT2D eigenvalue weighted by molar-refractivity contribution is 0.173. The average Bonchev–Trinajstić information content (AvgIpc) is 2.32. The summed E-state index contributed by atoms with van der Waals surface area (Å²) in [5.41, 5.74) is 6.70. The van der Waals surface area contributed by atoms with Crippen LogP contribution in [0.25, 0.3) is 0 Å². The van der Waals surface area contributed by atoms with E-state index in [4.69, 9.17) is 0 Å². The number of fused-ring (bicyclic) bond motifs is 4. The van der Waals surface area contributed by atoms with Gasteiger partial charge in [-0.3, -0.25) is 14.7 Å². The quantitative estimate of drug-likeness (QED) is 0.125. The van der Waals surface area contributed by atoms with Gasteiger partial charge in [-0.1, -0.05) is 203 Å². The smallest absolute Gasteiger partial charge is 0.319 e. The van der Waals surface area contributed by atoms with Crippen molar-refractivity contribution in [3.05, 3.63) is 162 Å². The molecule has 12 heteroatoms. The van der Waals surface area contributed by atoms with Crippen LogP contribution >= 0.6 is 0 Å². The first kappa shape index (κ1) is 60.8. The lowest BCUT2D eigenvalue weighted by Crippen LogP contribution is -2.40. The summed E-state index contributed by atoms with van der Waals surface area (Å²) in [6.07, 6.45) is 15.7. The monoisotopic (exact) mass is 1120 g/mol. The van der Waals surface area contributed by atoms with E-state index in [9.17, 15) is 19.2 Å². The fourth-order valence-electron chi connectivity index (χ4n) is 14.4. The molecule has 1 saturated carbocycles. The number of anilines is 3. The highest BCUT2D eigenvalue weighted by molar-refractivity contribution is 5.98. The molecule has 12 nitrogen and oxygen atoms in total. The van der Waals surface area contributed by atoms with Gasteiger partial charge < -0.3 is 24.5 Å². The summed E-state index contributed by atoms with van der Waals surface area (Å²) in [6.45, 7) is 34.5. The van der Waals surface area contributed by atoms with Crippen molar-refractivity contribution >= 4 is 41.2 Å². The SMILES string of the molecule is CC(C)CN1C(=O)N(Cc2ccccc2)[C@@H]2C=C[C@@H](C)[C@@H]21.CC(C)CN1C(=O)N(c2ccccc2)[C@@H]2CC[C@@H](C)[C@@H]21.Cc1ccc(N2C(=O)N(CC(C)C)[C@H]3[C@H](C)C=C[C@H]32)cc1.Cc1ccc(N2C(=O)N(CC(C)C)[C@H]3[C@H](C)C=C[C@H]32)cc1. The summed E-state index contributed by atoms with van der Waals surface area (Å²) < 4.78 is 0. The molecule has 4 aliphatic heterocycles. The highest BCUT2D eigenvalue weighted by Crippen LogP contribution is 2.43. The molecule has 5 fully saturated rings. The maximum atomic E-state index is 12.9. The van der Waals surface area contributed by atoms with Crippen molar-refractivity contribution in [3.8, 4) is 0 Å². The van der Waals surface area contributed by atoms with Gasteiger partial charge in [0.1, 0.15) is 0 Å². The number of carbonyl (C=O) groups is 4. The number of aryl methyl sites for hydroxylation is 2. The van der Waals surface area contributed by atoms with Crippen LogP contribution < -0.4 is 14.7 Å². The van der Waals surface area contributed by atoms with E-state index >= 15 is 0 Å². The molecule has 0 radical (unpaired) electrons. The van der Waals surface area contributed by atoms with Gasteiger partial charge in [-0.15, -0.1) is 0 Å². The molecule has 4 aliphatic carbocycles. The number of amides is 8. The highest BCUT2D eigenvalue weighted by Gasteiger charge is 2.53. The van der Waals surface area contributed by atoms with Gasteiger partial charge >= 0.3 is 24.1 Å². The van der Waals surface area contributed by atoms with E-state index in [0.29, 0.717) is 72.0 Å². The number of benzene rings is 4. The molecule has 8 aliphatic rings. The molecule has 12 atom stereocenters. The van der Waals surface area contributed by atoms with E-state index in [1.54, 1.807) is 0 Å². The number of hydrogen-bond donors (Lipinski definition) is 0. The first-order chi connectivity index (χ1) is 39.6. The molecule has 4 aromatic rings. The third kappa shape index (κ3) is 12.8. The van der Waals surface area contributed by atoms with Crippen LogP contribution in [0.2, 0.25) is 0 Å². The summed E-state index contributed by atoms with van der Waals surface area (Å²) in [6, 6.07) is 39.8. The first-order valence-electron chi connectivity index (χ1n) is 31.3. The van der Waals surface area contributed by atoms with Crippen LogP contribution in [-0.2, 0) is 6.54 Å². The lowest BCUT2D eigenvalue weighted by Gasteiger charge is -2.27. The van der Waals surface area contributed by atoms with Crippen molar-refractivity contribution in [1.82, 2.24) is 24.5 Å². The van der Waals surface area contributed by atoms with Crippen molar-refractivity contribution in [1.29, 1.82) is 0 Å². The Balaban J connectivity index is 0.000000133. The summed E-state index contributed by atoms with van der Waals surface area (Å²) in [5.74, 6) is 3.89. The second-order valence-electron chi connectivity index (χ2n) is 26.8. The molecule has 12 rings (SSSR count). The van der Waals surface area contributed by atoms with Crippen molar-refractivity contribution in [2.75, 3.05) is 40.9 Å². The number of rotatable bonds is 13. The van der Waals surface area contributed by atoms with E-state index in [0.717, 1.165) is 49.7 Å². The van der Waals surface area contributed by atoms with Gasteiger partial charge in [-0.05, 0) is 116 Å². The number of para-hydroxylation sites is 1. The zero-order chi connectivity index (χ0) is 59.6. The third-order valence-corrected chi connectivity index (χ3v) is 18.1. The van der Waals surface area contributed by atoms with E-state index in [1.807, 2.05) is 56.0 Å². The molecule has 4 heterocycles. The van der Waals surface area contributed by atoms with Gasteiger partial charge in [-0.25, -0.2) is 19.2 Å². The molecular formula is C71H96N8O4. The fraction of sp³-hybridized carbons (Fsp3) is 0.521. The van der Waals surface area contributed by atoms with Crippen LogP contribution in [-0.4, -0.2) is 123 Å². The maximum absolute atomic E-state index is 12.9. The van der Waals surface area contributed by atoms with Gasteiger partial charge in [0.15, 0.2) is 0 Å². The van der Waals surface area contributed by atoms with Crippen molar-refractivity contribution in [2.24, 2.45) is 47.3 Å². The molecule has 8 amide bonds. The maximum Gasteiger partial charge on any atom is 0.325 e. The number of urea groups is 4. The molecule has 0 spiro atoms. The first-order valence-corrected chi connectivity index (χ1v) is 31.3. The lowest BCUT2D eigenvalue weighted by atomic mass is 10.0. The van der Waals surface area contributed by atoms with E-state index < -0.39 is 0 Å². The van der Waals surface area contributed by atoms with E-state index in [-0.39, 0.29) is 54.3 Å². The largest absolute Gasteiger partial charge is 0.325 e. The predicted octanol–water partition coefficient (Wildman–Crippen LogP) is 14.9. The molecule has 0 bridgehead atoms. The normalized spacial score (nSPS) is 28.2. The number of carbonyl (C=O) groups excluding carboxylic acids is 4. The Kier molecular flexibility index (Phi) is 19.0. The second kappa shape index (κ2) is 26.0. The Morgan fingerprint density at radius 3 is 1.14 bits per heavy atom. The Labute approximate surface area is 497 Å². The second-order valence-corrected chi connectivity index (χ2v) is 26.8. The Hall–Kier alpha value is -6.82. The van der Waals surface area contributed by atoms with Crippen LogP contribution in [0.4, 0.5) is 36.2 Å². The zero-order valence-electron chi connectivity index (χ0n) is 52.3. The Bertz CT molecular complexity index is 2840. The Morgan fingerprint density at radius 2 is 0.723 bits per heavy atom. The number of nitrogens with zero attached hydrogens (tertiary/aromatic N) is 8. The molecule has 0 unspecified atom stereocenters. The van der Waals surface area contributed by atoms with Gasteiger partial charge in [-0.2, -0.15) is 0 Å². The molecule has 4 aromatic carbocycles. The highest BCUT2D eigenvalue weighted by atomic mass is 16.2. The minimum absolute atomic E-state index is 0.152. The Morgan fingerprint density at radius 1 is 0.373 bits per heavy atom. The molecule has 0 N–H and O–H groups in total. The summed E-state index contributed by atoms with van der Waals surface area (Å²) in [4.78, 5) is 67.8. The van der Waals surface area contributed by atoms with Crippen LogP contribution in [0.15, 0.2) is 146 Å². The van der Waals surface area contributed by atoms with E-state index in [1.165, 1.54) is 23.1 Å².